The fraction of sp³-hybridized carbons (Fsp3) is 0.667. The van der Waals surface area contributed by atoms with Gasteiger partial charge in [-0.25, -0.2) is 9.97 Å². The van der Waals surface area contributed by atoms with Gasteiger partial charge in [0, 0.05) is 23.7 Å². The van der Waals surface area contributed by atoms with E-state index in [1.165, 1.54) is 0 Å². The number of carboxylic acid groups (broad SMARTS) is 1. The lowest BCUT2D eigenvalue weighted by molar-refractivity contribution is -0.137. The molecule has 0 saturated heterocycles. The Morgan fingerprint density at radius 2 is 1.95 bits per heavy atom. The molecule has 0 aliphatic rings. The van der Waals surface area contributed by atoms with Gasteiger partial charge in [-0.15, -0.1) is 0 Å². The number of aromatic nitrogens is 2. The van der Waals surface area contributed by atoms with Crippen LogP contribution in [-0.4, -0.2) is 27.1 Å². The van der Waals surface area contributed by atoms with Crippen LogP contribution in [0.2, 0.25) is 0 Å². The highest BCUT2D eigenvalue weighted by Gasteiger charge is 2.27. The number of aliphatic carboxylic acids is 1. The summed E-state index contributed by atoms with van der Waals surface area (Å²) in [4.78, 5) is 19.9. The quantitative estimate of drug-likeness (QED) is 0.865. The zero-order chi connectivity index (χ0) is 15.5. The van der Waals surface area contributed by atoms with Crippen molar-refractivity contribution in [1.82, 2.24) is 9.97 Å². The van der Waals surface area contributed by atoms with E-state index >= 15 is 0 Å². The number of nitrogens with zero attached hydrogens (tertiary/aromatic N) is 2. The fourth-order valence-corrected chi connectivity index (χ4v) is 1.85. The molecule has 112 valence electrons. The average Bonchev–Trinajstić information content (AvgIpc) is 2.25. The Kier molecular flexibility index (Phi) is 5.09. The Balaban J connectivity index is 3.02. The highest BCUT2D eigenvalue weighted by atomic mass is 16.4. The minimum absolute atomic E-state index is 0.0591. The van der Waals surface area contributed by atoms with E-state index in [2.05, 4.69) is 15.3 Å². The van der Waals surface area contributed by atoms with Crippen molar-refractivity contribution in [3.63, 3.8) is 0 Å². The second-order valence-electron chi connectivity index (χ2n) is 6.57. The summed E-state index contributed by atoms with van der Waals surface area (Å²) in [5.74, 6) is 0.896. The van der Waals surface area contributed by atoms with E-state index in [4.69, 9.17) is 5.11 Å². The molecule has 0 aliphatic carbocycles. The van der Waals surface area contributed by atoms with Crippen LogP contribution in [0, 0.1) is 12.3 Å². The molecule has 1 rings (SSSR count). The first kappa shape index (κ1) is 16.4. The largest absolute Gasteiger partial charge is 0.481 e. The second-order valence-corrected chi connectivity index (χ2v) is 6.57. The van der Waals surface area contributed by atoms with Crippen LogP contribution in [0.5, 0.6) is 0 Å². The molecule has 1 heterocycles. The molecule has 1 unspecified atom stereocenters. The van der Waals surface area contributed by atoms with Crippen LogP contribution in [0.4, 0.5) is 5.82 Å². The topological polar surface area (TPSA) is 75.1 Å². The summed E-state index contributed by atoms with van der Waals surface area (Å²) in [6, 6.07) is 1.67. The van der Waals surface area contributed by atoms with E-state index in [0.29, 0.717) is 5.82 Å². The molecule has 1 aromatic heterocycles. The molecule has 1 atom stereocenters. The summed E-state index contributed by atoms with van der Waals surface area (Å²) >= 11 is 0. The van der Waals surface area contributed by atoms with Crippen LogP contribution in [0.25, 0.3) is 0 Å². The third-order valence-electron chi connectivity index (χ3n) is 3.13. The molecule has 0 aromatic carbocycles. The normalized spacial score (nSPS) is 13.3. The average molecular weight is 279 g/mol. The van der Waals surface area contributed by atoms with Gasteiger partial charge in [-0.3, -0.25) is 4.79 Å². The maximum absolute atomic E-state index is 11.0. The molecule has 0 bridgehead atoms. The fourth-order valence-electron chi connectivity index (χ4n) is 1.85. The lowest BCUT2D eigenvalue weighted by atomic mass is 9.85. The van der Waals surface area contributed by atoms with Crippen molar-refractivity contribution in [2.45, 2.75) is 59.9 Å². The van der Waals surface area contributed by atoms with Gasteiger partial charge in [0.05, 0.1) is 6.42 Å². The van der Waals surface area contributed by atoms with E-state index in [-0.39, 0.29) is 23.8 Å². The van der Waals surface area contributed by atoms with Gasteiger partial charge in [-0.05, 0) is 12.3 Å². The Bertz CT molecular complexity index is 478. The SMILES string of the molecule is Cc1cc(NC(CC(=O)O)C(C)(C)C)nc(C(C)C)n1. The van der Waals surface area contributed by atoms with Gasteiger partial charge >= 0.3 is 5.97 Å². The van der Waals surface area contributed by atoms with Gasteiger partial charge in [0.1, 0.15) is 11.6 Å². The molecule has 0 saturated carbocycles. The van der Waals surface area contributed by atoms with Crippen molar-refractivity contribution in [3.05, 3.63) is 17.6 Å². The maximum Gasteiger partial charge on any atom is 0.305 e. The first-order chi connectivity index (χ1) is 9.09. The summed E-state index contributed by atoms with van der Waals surface area (Å²) in [6.45, 7) is 12.1. The molecule has 0 radical (unpaired) electrons. The molecular formula is C15H25N3O2. The Morgan fingerprint density at radius 1 is 1.35 bits per heavy atom. The highest BCUT2D eigenvalue weighted by Crippen LogP contribution is 2.25. The number of anilines is 1. The van der Waals surface area contributed by atoms with E-state index in [9.17, 15) is 4.79 Å². The Hall–Kier alpha value is -1.65. The third kappa shape index (κ3) is 4.79. The molecule has 5 heteroatoms. The predicted molar refractivity (Wildman–Crippen MR) is 80.0 cm³/mol. The second kappa shape index (κ2) is 6.20. The minimum atomic E-state index is -0.813. The van der Waals surface area contributed by atoms with Crippen molar-refractivity contribution >= 4 is 11.8 Å². The number of carbonyl (C=O) groups is 1. The summed E-state index contributed by atoms with van der Waals surface area (Å²) in [6.07, 6.45) is 0.0591. The van der Waals surface area contributed by atoms with Gasteiger partial charge in [0.15, 0.2) is 0 Å². The summed E-state index contributed by atoms with van der Waals surface area (Å²) in [7, 11) is 0. The lowest BCUT2D eigenvalue weighted by Gasteiger charge is -2.31. The number of carboxylic acids is 1. The zero-order valence-corrected chi connectivity index (χ0v) is 13.2. The molecule has 2 N–H and O–H groups in total. The molecule has 1 aromatic rings. The summed E-state index contributed by atoms with van der Waals surface area (Å²) in [5, 5.41) is 12.3. The third-order valence-corrected chi connectivity index (χ3v) is 3.13. The standard InChI is InChI=1S/C15H25N3O2/c1-9(2)14-16-10(3)7-12(18-14)17-11(8-13(19)20)15(4,5)6/h7,9,11H,8H2,1-6H3,(H,19,20)(H,16,17,18). The number of nitrogens with one attached hydrogen (secondary N) is 1. The minimum Gasteiger partial charge on any atom is -0.481 e. The number of rotatable bonds is 5. The summed E-state index contributed by atoms with van der Waals surface area (Å²) in [5.41, 5.74) is 0.712. The van der Waals surface area contributed by atoms with Gasteiger partial charge in [-0.1, -0.05) is 34.6 Å². The zero-order valence-electron chi connectivity index (χ0n) is 13.2. The van der Waals surface area contributed by atoms with Crippen LogP contribution in [-0.2, 0) is 4.79 Å². The van der Waals surface area contributed by atoms with Crippen LogP contribution in [0.15, 0.2) is 6.07 Å². The summed E-state index contributed by atoms with van der Waals surface area (Å²) < 4.78 is 0. The smallest absolute Gasteiger partial charge is 0.305 e. The van der Waals surface area contributed by atoms with Crippen LogP contribution >= 0.6 is 0 Å². The van der Waals surface area contributed by atoms with E-state index < -0.39 is 5.97 Å². The van der Waals surface area contributed by atoms with Crippen LogP contribution in [0.3, 0.4) is 0 Å². The van der Waals surface area contributed by atoms with E-state index in [0.717, 1.165) is 11.5 Å². The van der Waals surface area contributed by atoms with Gasteiger partial charge in [-0.2, -0.15) is 0 Å². The highest BCUT2D eigenvalue weighted by molar-refractivity contribution is 5.68. The monoisotopic (exact) mass is 279 g/mol. The molecule has 0 amide bonds. The molecule has 0 aliphatic heterocycles. The molecular weight excluding hydrogens is 254 g/mol. The van der Waals surface area contributed by atoms with Gasteiger partial charge in [0.25, 0.3) is 0 Å². The van der Waals surface area contributed by atoms with E-state index in [1.54, 1.807) is 0 Å². The number of hydrogen-bond acceptors (Lipinski definition) is 4. The molecule has 0 fully saturated rings. The van der Waals surface area contributed by atoms with Crippen molar-refractivity contribution < 1.29 is 9.90 Å². The van der Waals surface area contributed by atoms with Crippen molar-refractivity contribution in [2.24, 2.45) is 5.41 Å². The van der Waals surface area contributed by atoms with Crippen molar-refractivity contribution in [2.75, 3.05) is 5.32 Å². The van der Waals surface area contributed by atoms with Gasteiger partial charge in [0.2, 0.25) is 0 Å². The number of hydrogen-bond donors (Lipinski definition) is 2. The Morgan fingerprint density at radius 3 is 2.40 bits per heavy atom. The first-order valence-electron chi connectivity index (χ1n) is 6.93. The Labute approximate surface area is 120 Å². The predicted octanol–water partition coefficient (Wildman–Crippen LogP) is 3.21. The van der Waals surface area contributed by atoms with Crippen LogP contribution in [0.1, 0.15) is 58.5 Å². The molecule has 5 nitrogen and oxygen atoms in total. The number of aryl methyl sites for hydroxylation is 1. The van der Waals surface area contributed by atoms with E-state index in [1.807, 2.05) is 47.6 Å². The van der Waals surface area contributed by atoms with Crippen LogP contribution < -0.4 is 5.32 Å². The van der Waals surface area contributed by atoms with Crippen molar-refractivity contribution in [1.29, 1.82) is 0 Å². The maximum atomic E-state index is 11.0. The first-order valence-corrected chi connectivity index (χ1v) is 6.93. The lowest BCUT2D eigenvalue weighted by Crippen LogP contribution is -2.36. The molecule has 20 heavy (non-hydrogen) atoms. The van der Waals surface area contributed by atoms with Gasteiger partial charge < -0.3 is 10.4 Å². The van der Waals surface area contributed by atoms with Crippen molar-refractivity contribution in [3.8, 4) is 0 Å². The molecule has 0 spiro atoms.